The number of aryl methyl sites for hydroxylation is 1. The fraction of sp³-hybridized carbons (Fsp3) is 0.231. The lowest BCUT2D eigenvalue weighted by Crippen LogP contribution is -2.29. The zero-order valence-electron chi connectivity index (χ0n) is 19.4. The maximum Gasteiger partial charge on any atom is 0.253 e. The van der Waals surface area contributed by atoms with Gasteiger partial charge in [0.2, 0.25) is 0 Å². The van der Waals surface area contributed by atoms with Crippen molar-refractivity contribution in [3.8, 4) is 11.3 Å². The van der Waals surface area contributed by atoms with Crippen LogP contribution < -0.4 is 10.0 Å². The number of hydrogen-bond acceptors (Lipinski definition) is 4. The molecular formula is C26H23BrFN4O3S-. The molecular weight excluding hydrogens is 547 g/mol. The van der Waals surface area contributed by atoms with Gasteiger partial charge >= 0.3 is 0 Å². The van der Waals surface area contributed by atoms with Crippen molar-refractivity contribution in [1.29, 1.82) is 0 Å². The summed E-state index contributed by atoms with van der Waals surface area (Å²) >= 11 is 0.967. The summed E-state index contributed by atoms with van der Waals surface area (Å²) < 4.78 is 42.1. The van der Waals surface area contributed by atoms with E-state index in [1.165, 1.54) is 33.1 Å². The van der Waals surface area contributed by atoms with E-state index in [1.54, 1.807) is 6.20 Å². The summed E-state index contributed by atoms with van der Waals surface area (Å²) in [7, 11) is 0. The van der Waals surface area contributed by atoms with Crippen LogP contribution in [0.5, 0.6) is 0 Å². The van der Waals surface area contributed by atoms with Gasteiger partial charge in [-0.2, -0.15) is 5.10 Å². The zero-order valence-corrected chi connectivity index (χ0v) is 21.8. The summed E-state index contributed by atoms with van der Waals surface area (Å²) in [6.45, 7) is 2.24. The highest BCUT2D eigenvalue weighted by molar-refractivity contribution is 9.10. The molecule has 4 aromatic rings. The number of anilines is 1. The molecule has 5 rings (SSSR count). The Labute approximate surface area is 218 Å². The number of nitrogens with two attached hydrogens (primary N) is 1. The van der Waals surface area contributed by atoms with Crippen molar-refractivity contribution in [2.24, 2.45) is 5.73 Å². The number of primary amides is 1. The Morgan fingerprint density at radius 1 is 1.25 bits per heavy atom. The molecule has 1 saturated carbocycles. The Balaban J connectivity index is 1.60. The molecule has 10 heteroatoms. The van der Waals surface area contributed by atoms with E-state index in [2.05, 4.69) is 21.0 Å². The van der Waals surface area contributed by atoms with Gasteiger partial charge in [-0.05, 0) is 85.2 Å². The maximum atomic E-state index is 13.5. The molecule has 7 nitrogen and oxygen atoms in total. The number of nitrogens with zero attached hydrogens (tertiary/aromatic N) is 3. The maximum absolute atomic E-state index is 13.5. The number of pyridine rings is 1. The molecule has 1 aliphatic rings. The number of aromatic nitrogens is 2. The number of carbonyl (C=O) groups excluding carboxylic acids is 1. The number of halogens is 2. The fourth-order valence-corrected chi connectivity index (χ4v) is 5.25. The molecule has 1 aliphatic carbocycles. The largest absolute Gasteiger partial charge is 0.755 e. The lowest BCUT2D eigenvalue weighted by Gasteiger charge is -2.28. The van der Waals surface area contributed by atoms with Crippen LogP contribution in [-0.2, 0) is 17.7 Å². The van der Waals surface area contributed by atoms with Crippen LogP contribution in [0.15, 0.2) is 59.2 Å². The van der Waals surface area contributed by atoms with Crippen molar-refractivity contribution in [3.05, 3.63) is 87.3 Å². The molecule has 0 radical (unpaired) electrons. The molecule has 1 amide bonds. The van der Waals surface area contributed by atoms with Crippen LogP contribution in [0.2, 0.25) is 0 Å². The summed E-state index contributed by atoms with van der Waals surface area (Å²) in [6, 6.07) is 13.4. The molecule has 1 unspecified atom stereocenters. The highest BCUT2D eigenvalue weighted by Gasteiger charge is 2.31. The van der Waals surface area contributed by atoms with Gasteiger partial charge in [-0.25, -0.2) is 8.91 Å². The van der Waals surface area contributed by atoms with Crippen molar-refractivity contribution < 1.29 is 17.9 Å². The minimum absolute atomic E-state index is 0.191. The normalized spacial score (nSPS) is 14.2. The number of fused-ring (bicyclic) bond motifs is 1. The Bertz CT molecular complexity index is 1500. The molecule has 0 spiro atoms. The number of hydrogen-bond donors (Lipinski definition) is 1. The summed E-state index contributed by atoms with van der Waals surface area (Å²) in [5.41, 5.74) is 10.8. The SMILES string of the molecule is Cc1cc(CCN(c2cn3nc(-c4ccc(F)cc4)c(C(N)=O)c3cc2C2CC2)S(=O)[O-])ccc1Br. The first-order valence-electron chi connectivity index (χ1n) is 11.5. The van der Waals surface area contributed by atoms with Crippen molar-refractivity contribution in [2.45, 2.75) is 32.1 Å². The fourth-order valence-electron chi connectivity index (χ4n) is 4.45. The van der Waals surface area contributed by atoms with Gasteiger partial charge in [0.25, 0.3) is 5.91 Å². The molecule has 1 atom stereocenters. The van der Waals surface area contributed by atoms with Crippen molar-refractivity contribution >= 4 is 44.3 Å². The van der Waals surface area contributed by atoms with E-state index in [4.69, 9.17) is 5.73 Å². The lowest BCUT2D eigenvalue weighted by molar-refractivity contribution is 0.100. The third-order valence-corrected chi connectivity index (χ3v) is 8.06. The second-order valence-corrected chi connectivity index (χ2v) is 10.7. The van der Waals surface area contributed by atoms with Crippen LogP contribution in [0.1, 0.15) is 45.8 Å². The second kappa shape index (κ2) is 9.76. The Kier molecular flexibility index (Phi) is 6.67. The number of amides is 1. The third-order valence-electron chi connectivity index (χ3n) is 6.44. The van der Waals surface area contributed by atoms with Gasteiger partial charge in [0.15, 0.2) is 0 Å². The van der Waals surface area contributed by atoms with E-state index in [1.807, 2.05) is 31.2 Å². The molecule has 36 heavy (non-hydrogen) atoms. The van der Waals surface area contributed by atoms with Gasteiger partial charge in [-0.1, -0.05) is 28.1 Å². The Morgan fingerprint density at radius 3 is 2.58 bits per heavy atom. The smallest absolute Gasteiger partial charge is 0.253 e. The van der Waals surface area contributed by atoms with Gasteiger partial charge in [0.1, 0.15) is 11.5 Å². The van der Waals surface area contributed by atoms with E-state index in [9.17, 15) is 17.9 Å². The lowest BCUT2D eigenvalue weighted by atomic mass is 10.0. The highest BCUT2D eigenvalue weighted by atomic mass is 79.9. The first kappa shape index (κ1) is 24.6. The molecule has 0 saturated heterocycles. The van der Waals surface area contributed by atoms with Gasteiger partial charge in [-0.3, -0.25) is 9.00 Å². The van der Waals surface area contributed by atoms with E-state index < -0.39 is 23.0 Å². The zero-order chi connectivity index (χ0) is 25.6. The van der Waals surface area contributed by atoms with E-state index >= 15 is 0 Å². The number of benzene rings is 2. The average Bonchev–Trinajstić information content (AvgIpc) is 3.61. The van der Waals surface area contributed by atoms with Crippen LogP contribution in [0, 0.1) is 12.7 Å². The summed E-state index contributed by atoms with van der Waals surface area (Å²) in [6.07, 6.45) is 4.03. The van der Waals surface area contributed by atoms with Crippen molar-refractivity contribution in [3.63, 3.8) is 0 Å². The van der Waals surface area contributed by atoms with Crippen LogP contribution >= 0.6 is 15.9 Å². The predicted octanol–water partition coefficient (Wildman–Crippen LogP) is 5.03. The van der Waals surface area contributed by atoms with Gasteiger partial charge < -0.3 is 14.6 Å². The molecule has 2 heterocycles. The molecule has 186 valence electrons. The highest BCUT2D eigenvalue weighted by Crippen LogP contribution is 2.46. The average molecular weight is 570 g/mol. The van der Waals surface area contributed by atoms with Crippen LogP contribution in [0.25, 0.3) is 16.8 Å². The molecule has 2 N–H and O–H groups in total. The quantitative estimate of drug-likeness (QED) is 0.300. The van der Waals surface area contributed by atoms with Gasteiger partial charge in [-0.15, -0.1) is 0 Å². The monoisotopic (exact) mass is 569 g/mol. The first-order chi connectivity index (χ1) is 17.2. The van der Waals surface area contributed by atoms with E-state index in [-0.39, 0.29) is 18.0 Å². The van der Waals surface area contributed by atoms with Crippen molar-refractivity contribution in [2.75, 3.05) is 10.8 Å². The summed E-state index contributed by atoms with van der Waals surface area (Å²) in [5, 5.41) is 4.56. The second-order valence-electron chi connectivity index (χ2n) is 8.97. The molecule has 2 aromatic carbocycles. The Morgan fingerprint density at radius 2 is 1.97 bits per heavy atom. The minimum atomic E-state index is -2.53. The molecule has 1 fully saturated rings. The van der Waals surface area contributed by atoms with Crippen molar-refractivity contribution in [1.82, 2.24) is 9.61 Å². The number of carbonyl (C=O) groups is 1. The minimum Gasteiger partial charge on any atom is -0.755 e. The number of rotatable bonds is 8. The summed E-state index contributed by atoms with van der Waals surface area (Å²) in [5.74, 6) is -0.875. The topological polar surface area (TPSA) is 104 Å². The predicted molar refractivity (Wildman–Crippen MR) is 140 cm³/mol. The molecule has 2 aromatic heterocycles. The molecule has 0 aliphatic heterocycles. The summed E-state index contributed by atoms with van der Waals surface area (Å²) in [4.78, 5) is 12.5. The van der Waals surface area contributed by atoms with Gasteiger partial charge in [0, 0.05) is 27.8 Å². The van der Waals surface area contributed by atoms with E-state index in [0.29, 0.717) is 28.9 Å². The first-order valence-corrected chi connectivity index (χ1v) is 13.3. The van der Waals surface area contributed by atoms with Gasteiger partial charge in [0.05, 0.1) is 23.0 Å². The molecule has 0 bridgehead atoms. The Hall–Kier alpha value is -3.08. The standard InChI is InChI=1S/C26H24BrFN4O3S/c1-15-12-16(2-9-21(15)27)10-11-32(36(34)35)23-14-31-22(13-20(23)17-3-4-17)24(26(29)33)25(30-31)18-5-7-19(28)8-6-18/h2,5-9,12-14,17H,3-4,10-11H2,1H3,(H2,29,33)(H,34,35)/p-1. The van der Waals surface area contributed by atoms with E-state index in [0.717, 1.165) is 34.0 Å². The van der Waals surface area contributed by atoms with Crippen LogP contribution in [-0.4, -0.2) is 30.8 Å². The third kappa shape index (κ3) is 4.80. The van der Waals surface area contributed by atoms with Crippen LogP contribution in [0.4, 0.5) is 10.1 Å². The van der Waals surface area contributed by atoms with Crippen LogP contribution in [0.3, 0.4) is 0 Å².